The molecule has 2 N–H and O–H groups in total. The molecular weight excluding hydrogens is 389 g/mol. The smallest absolute Gasteiger partial charge is 0.353 e. The summed E-state index contributed by atoms with van der Waals surface area (Å²) in [6, 6.07) is 12.4. The first-order valence-electron chi connectivity index (χ1n) is 7.95. The van der Waals surface area contributed by atoms with Gasteiger partial charge in [0.2, 0.25) is 11.6 Å². The number of nitro groups is 1. The second kappa shape index (κ2) is 8.20. The molecule has 0 fully saturated rings. The molecule has 0 spiro atoms. The van der Waals surface area contributed by atoms with Crippen LogP contribution < -0.4 is 10.6 Å². The molecule has 7 nitrogen and oxygen atoms in total. The highest BCUT2D eigenvalue weighted by molar-refractivity contribution is 6.31. The van der Waals surface area contributed by atoms with Gasteiger partial charge in [-0.3, -0.25) is 10.1 Å². The first-order valence-corrected chi connectivity index (χ1v) is 8.70. The fourth-order valence-electron chi connectivity index (χ4n) is 2.37. The minimum atomic E-state index is -0.525. The second-order valence-corrected chi connectivity index (χ2v) is 6.59. The number of hydrogen-bond acceptors (Lipinski definition) is 6. The van der Waals surface area contributed by atoms with E-state index in [-0.39, 0.29) is 17.3 Å². The first kappa shape index (κ1) is 18.9. The maximum atomic E-state index is 11.6. The molecule has 9 heteroatoms. The van der Waals surface area contributed by atoms with Gasteiger partial charge in [-0.2, -0.15) is 0 Å². The summed E-state index contributed by atoms with van der Waals surface area (Å²) >= 11 is 12.0. The Morgan fingerprint density at radius 1 is 1.07 bits per heavy atom. The van der Waals surface area contributed by atoms with Crippen LogP contribution in [-0.2, 0) is 6.54 Å². The Kier molecular flexibility index (Phi) is 5.73. The van der Waals surface area contributed by atoms with Crippen molar-refractivity contribution in [3.8, 4) is 0 Å². The number of rotatable bonds is 6. The van der Waals surface area contributed by atoms with E-state index in [1.165, 1.54) is 6.33 Å². The summed E-state index contributed by atoms with van der Waals surface area (Å²) in [6.07, 6.45) is 1.26. The van der Waals surface area contributed by atoms with Crippen LogP contribution in [0.4, 0.5) is 23.0 Å². The normalized spacial score (nSPS) is 10.5. The molecule has 0 unspecified atom stereocenters. The average Bonchev–Trinajstić information content (AvgIpc) is 2.64. The predicted octanol–water partition coefficient (Wildman–Crippen LogP) is 5.36. The first-order chi connectivity index (χ1) is 12.9. The molecule has 2 aromatic carbocycles. The maximum absolute atomic E-state index is 11.6. The molecule has 0 saturated heterocycles. The van der Waals surface area contributed by atoms with Gasteiger partial charge >= 0.3 is 5.69 Å². The molecule has 0 amide bonds. The fraction of sp³-hybridized carbons (Fsp3) is 0.111. The third kappa shape index (κ3) is 4.64. The average molecular weight is 404 g/mol. The topological polar surface area (TPSA) is 93.0 Å². The monoisotopic (exact) mass is 403 g/mol. The Hall–Kier alpha value is -2.90. The van der Waals surface area contributed by atoms with Gasteiger partial charge < -0.3 is 10.6 Å². The molecule has 0 bridgehead atoms. The lowest BCUT2D eigenvalue weighted by molar-refractivity contribution is -0.383. The van der Waals surface area contributed by atoms with Crippen molar-refractivity contribution in [1.29, 1.82) is 0 Å². The van der Waals surface area contributed by atoms with Gasteiger partial charge in [-0.25, -0.2) is 9.97 Å². The van der Waals surface area contributed by atoms with Crippen molar-refractivity contribution in [2.24, 2.45) is 0 Å². The van der Waals surface area contributed by atoms with Gasteiger partial charge in [-0.15, -0.1) is 0 Å². The van der Waals surface area contributed by atoms with Crippen molar-refractivity contribution >= 4 is 46.2 Å². The highest BCUT2D eigenvalue weighted by Crippen LogP contribution is 2.32. The number of nitrogens with one attached hydrogen (secondary N) is 2. The third-order valence-corrected chi connectivity index (χ3v) is 4.47. The summed E-state index contributed by atoms with van der Waals surface area (Å²) in [4.78, 5) is 19.1. The number of benzene rings is 2. The standard InChI is InChI=1S/C18H15Cl2N5O2/c1-11-2-7-14(8-15(11)20)24-18-16(25(26)27)17(22-10-23-18)21-9-12-3-5-13(19)6-4-12/h2-8,10H,9H2,1H3,(H2,21,22,23,24). The lowest BCUT2D eigenvalue weighted by Crippen LogP contribution is -2.08. The van der Waals surface area contributed by atoms with Crippen LogP contribution in [0.2, 0.25) is 10.0 Å². The molecule has 0 aliphatic heterocycles. The quantitative estimate of drug-likeness (QED) is 0.425. The van der Waals surface area contributed by atoms with E-state index in [2.05, 4.69) is 20.6 Å². The minimum absolute atomic E-state index is 0.0773. The molecule has 1 aromatic heterocycles. The van der Waals surface area contributed by atoms with Crippen LogP contribution in [0.1, 0.15) is 11.1 Å². The van der Waals surface area contributed by atoms with Gasteiger partial charge in [0.1, 0.15) is 6.33 Å². The lowest BCUT2D eigenvalue weighted by atomic mass is 10.2. The summed E-state index contributed by atoms with van der Waals surface area (Å²) in [5, 5.41) is 18.7. The van der Waals surface area contributed by atoms with Crippen molar-refractivity contribution in [2.45, 2.75) is 13.5 Å². The van der Waals surface area contributed by atoms with Crippen LogP contribution in [0.25, 0.3) is 0 Å². The highest BCUT2D eigenvalue weighted by atomic mass is 35.5. The fourth-order valence-corrected chi connectivity index (χ4v) is 2.67. The van der Waals surface area contributed by atoms with Crippen LogP contribution in [0.5, 0.6) is 0 Å². The Balaban J connectivity index is 1.86. The second-order valence-electron chi connectivity index (χ2n) is 5.75. The van der Waals surface area contributed by atoms with Gasteiger partial charge in [-0.1, -0.05) is 41.4 Å². The van der Waals surface area contributed by atoms with E-state index in [1.807, 2.05) is 25.1 Å². The molecule has 1 heterocycles. The lowest BCUT2D eigenvalue weighted by Gasteiger charge is -2.11. The molecule has 3 aromatic rings. The molecule has 3 rings (SSSR count). The Morgan fingerprint density at radius 3 is 2.44 bits per heavy atom. The number of aromatic nitrogens is 2. The van der Waals surface area contributed by atoms with Crippen LogP contribution >= 0.6 is 23.2 Å². The maximum Gasteiger partial charge on any atom is 0.353 e. The largest absolute Gasteiger partial charge is 0.360 e. The molecule has 0 aliphatic carbocycles. The Morgan fingerprint density at radius 2 is 1.78 bits per heavy atom. The summed E-state index contributed by atoms with van der Waals surface area (Å²) in [5.74, 6) is 0.194. The molecule has 0 atom stereocenters. The minimum Gasteiger partial charge on any atom is -0.360 e. The SMILES string of the molecule is Cc1ccc(Nc2ncnc(NCc3ccc(Cl)cc3)c2[N+](=O)[O-])cc1Cl. The van der Waals surface area contributed by atoms with Gasteiger partial charge in [0, 0.05) is 22.3 Å². The summed E-state index contributed by atoms with van der Waals surface area (Å²) in [6.45, 7) is 2.23. The number of hydrogen-bond donors (Lipinski definition) is 2. The van der Waals surface area contributed by atoms with Crippen molar-refractivity contribution in [3.63, 3.8) is 0 Å². The van der Waals surface area contributed by atoms with E-state index in [4.69, 9.17) is 23.2 Å². The van der Waals surface area contributed by atoms with E-state index < -0.39 is 4.92 Å². The van der Waals surface area contributed by atoms with Crippen molar-refractivity contribution in [2.75, 3.05) is 10.6 Å². The van der Waals surface area contributed by atoms with Gasteiger partial charge in [0.05, 0.1) is 4.92 Å². The molecule has 0 saturated carbocycles. The van der Waals surface area contributed by atoms with Crippen LogP contribution in [-0.4, -0.2) is 14.9 Å². The van der Waals surface area contributed by atoms with Crippen molar-refractivity contribution < 1.29 is 4.92 Å². The van der Waals surface area contributed by atoms with E-state index in [0.717, 1.165) is 11.1 Å². The predicted molar refractivity (Wildman–Crippen MR) is 107 cm³/mol. The molecule has 138 valence electrons. The van der Waals surface area contributed by atoms with E-state index >= 15 is 0 Å². The summed E-state index contributed by atoms with van der Waals surface area (Å²) in [7, 11) is 0. The summed E-state index contributed by atoms with van der Waals surface area (Å²) < 4.78 is 0. The number of aryl methyl sites for hydroxylation is 1. The Labute approximate surface area is 165 Å². The van der Waals surface area contributed by atoms with Crippen LogP contribution in [0.15, 0.2) is 48.8 Å². The van der Waals surface area contributed by atoms with Crippen LogP contribution in [0.3, 0.4) is 0 Å². The van der Waals surface area contributed by atoms with Gasteiger partial charge in [0.25, 0.3) is 0 Å². The highest BCUT2D eigenvalue weighted by Gasteiger charge is 2.23. The zero-order chi connectivity index (χ0) is 19.4. The van der Waals surface area contributed by atoms with Gasteiger partial charge in [0.15, 0.2) is 0 Å². The molecule has 0 aliphatic rings. The molecule has 27 heavy (non-hydrogen) atoms. The number of nitrogens with zero attached hydrogens (tertiary/aromatic N) is 3. The van der Waals surface area contributed by atoms with Crippen LogP contribution in [0, 0.1) is 17.0 Å². The summed E-state index contributed by atoms with van der Waals surface area (Å²) in [5.41, 5.74) is 2.16. The Bertz CT molecular complexity index is 980. The molecule has 0 radical (unpaired) electrons. The third-order valence-electron chi connectivity index (χ3n) is 3.81. The van der Waals surface area contributed by atoms with Crippen molar-refractivity contribution in [3.05, 3.63) is 80.1 Å². The molecular formula is C18H15Cl2N5O2. The van der Waals surface area contributed by atoms with E-state index in [0.29, 0.717) is 22.3 Å². The zero-order valence-electron chi connectivity index (χ0n) is 14.2. The number of halogens is 2. The van der Waals surface area contributed by atoms with Crippen molar-refractivity contribution in [1.82, 2.24) is 9.97 Å². The van der Waals surface area contributed by atoms with E-state index in [9.17, 15) is 10.1 Å². The van der Waals surface area contributed by atoms with E-state index in [1.54, 1.807) is 24.3 Å². The zero-order valence-corrected chi connectivity index (χ0v) is 15.8. The number of anilines is 3. The van der Waals surface area contributed by atoms with Gasteiger partial charge in [-0.05, 0) is 42.3 Å².